The van der Waals surface area contributed by atoms with Crippen LogP contribution in [0.1, 0.15) is 50.9 Å². The maximum atomic E-state index is 14.5. The summed E-state index contributed by atoms with van der Waals surface area (Å²) in [5.74, 6) is -3.89. The summed E-state index contributed by atoms with van der Waals surface area (Å²) >= 11 is 0. The molecule has 1 saturated heterocycles. The number of aliphatic imine (C=N–C) groups is 1. The number of benzene rings is 1. The Labute approximate surface area is 169 Å². The molecule has 29 heavy (non-hydrogen) atoms. The first-order valence-corrected chi connectivity index (χ1v) is 9.84. The van der Waals surface area contributed by atoms with Crippen molar-refractivity contribution >= 4 is 23.7 Å². The fourth-order valence-electron chi connectivity index (χ4n) is 4.15. The second-order valence-electron chi connectivity index (χ2n) is 8.75. The molecule has 1 fully saturated rings. The average Bonchev–Trinajstić information content (AvgIpc) is 3.09. The van der Waals surface area contributed by atoms with Crippen LogP contribution in [0.5, 0.6) is 0 Å². The Morgan fingerprint density at radius 1 is 1.38 bits per heavy atom. The first-order chi connectivity index (χ1) is 13.5. The topological polar surface area (TPSA) is 73.2 Å². The van der Waals surface area contributed by atoms with Crippen molar-refractivity contribution in [2.24, 2.45) is 10.4 Å². The molecule has 2 unspecified atom stereocenters. The molecule has 0 aliphatic carbocycles. The molecule has 0 bridgehead atoms. The predicted molar refractivity (Wildman–Crippen MR) is 107 cm³/mol. The molecule has 0 aromatic heterocycles. The minimum absolute atomic E-state index is 0.0373. The Morgan fingerprint density at radius 3 is 2.66 bits per heavy atom. The second kappa shape index (κ2) is 7.48. The van der Waals surface area contributed by atoms with E-state index in [-0.39, 0.29) is 29.8 Å². The number of carboxylic acid groups (broad SMARTS) is 1. The standard InChI is InChI=1S/C21H27F2N3O3/c1-5-25-12-21(19(28)29,18(27)14-9-13(22)10-15(23)17(14)25)26-8-6-7-16(26)24-11-20(2,3)4/h9-11,16H,5-8,12H2,1-4H3,(H,28,29). The number of hydrogen-bond donors (Lipinski definition) is 1. The first kappa shape index (κ1) is 21.4. The Bertz CT molecular complexity index is 865. The van der Waals surface area contributed by atoms with Crippen LogP contribution in [0.4, 0.5) is 14.5 Å². The van der Waals surface area contributed by atoms with Gasteiger partial charge < -0.3 is 10.0 Å². The normalized spacial score (nSPS) is 25.7. The smallest absolute Gasteiger partial charge is 0.334 e. The number of aliphatic carboxylic acids is 1. The number of fused-ring (bicyclic) bond motifs is 1. The quantitative estimate of drug-likeness (QED) is 0.612. The third-order valence-corrected chi connectivity index (χ3v) is 5.47. The summed E-state index contributed by atoms with van der Waals surface area (Å²) in [6.07, 6.45) is 2.59. The Kier molecular flexibility index (Phi) is 5.51. The Hall–Kier alpha value is -2.35. The number of carbonyl (C=O) groups is 2. The van der Waals surface area contributed by atoms with Gasteiger partial charge in [-0.2, -0.15) is 0 Å². The van der Waals surface area contributed by atoms with E-state index in [1.807, 2.05) is 20.8 Å². The summed E-state index contributed by atoms with van der Waals surface area (Å²) in [6, 6.07) is 1.65. The van der Waals surface area contributed by atoms with Crippen LogP contribution < -0.4 is 4.90 Å². The minimum atomic E-state index is -1.94. The van der Waals surface area contributed by atoms with E-state index in [1.165, 1.54) is 4.90 Å². The molecule has 1 aromatic rings. The zero-order valence-electron chi connectivity index (χ0n) is 17.2. The van der Waals surface area contributed by atoms with Crippen LogP contribution in [0.2, 0.25) is 0 Å². The van der Waals surface area contributed by atoms with Gasteiger partial charge in [0.2, 0.25) is 5.54 Å². The molecular formula is C21H27F2N3O3. The van der Waals surface area contributed by atoms with E-state index in [2.05, 4.69) is 4.99 Å². The Balaban J connectivity index is 2.14. The number of likely N-dealkylation sites (tertiary alicyclic amines) is 1. The van der Waals surface area contributed by atoms with Gasteiger partial charge in [0.25, 0.3) is 0 Å². The van der Waals surface area contributed by atoms with Gasteiger partial charge in [0.15, 0.2) is 5.78 Å². The molecule has 0 spiro atoms. The summed E-state index contributed by atoms with van der Waals surface area (Å²) in [5, 5.41) is 10.2. The highest BCUT2D eigenvalue weighted by Crippen LogP contribution is 2.40. The van der Waals surface area contributed by atoms with Crippen LogP contribution >= 0.6 is 0 Å². The van der Waals surface area contributed by atoms with E-state index in [1.54, 1.807) is 18.0 Å². The molecule has 2 heterocycles. The lowest BCUT2D eigenvalue weighted by Gasteiger charge is -2.46. The summed E-state index contributed by atoms with van der Waals surface area (Å²) in [5.41, 5.74) is -2.41. The van der Waals surface area contributed by atoms with Gasteiger partial charge in [0, 0.05) is 30.9 Å². The van der Waals surface area contributed by atoms with Crippen molar-refractivity contribution in [2.75, 3.05) is 24.5 Å². The van der Waals surface area contributed by atoms with E-state index in [9.17, 15) is 23.5 Å². The zero-order valence-corrected chi connectivity index (χ0v) is 17.2. The van der Waals surface area contributed by atoms with Crippen molar-refractivity contribution in [3.8, 4) is 0 Å². The van der Waals surface area contributed by atoms with E-state index >= 15 is 0 Å². The lowest BCUT2D eigenvalue weighted by atomic mass is 9.82. The molecule has 2 atom stereocenters. The maximum Gasteiger partial charge on any atom is 0.334 e. The van der Waals surface area contributed by atoms with Gasteiger partial charge in [0.05, 0.1) is 12.2 Å². The number of likely N-dealkylation sites (N-methyl/N-ethyl adjacent to an activating group) is 1. The number of rotatable bonds is 4. The number of carbonyl (C=O) groups excluding carboxylic acids is 1. The van der Waals surface area contributed by atoms with Gasteiger partial charge in [-0.3, -0.25) is 14.7 Å². The average molecular weight is 407 g/mol. The monoisotopic (exact) mass is 407 g/mol. The van der Waals surface area contributed by atoms with Crippen molar-refractivity contribution in [3.05, 3.63) is 29.3 Å². The first-order valence-electron chi connectivity index (χ1n) is 9.84. The number of nitrogens with zero attached hydrogens (tertiary/aromatic N) is 3. The van der Waals surface area contributed by atoms with Gasteiger partial charge in [0.1, 0.15) is 17.8 Å². The number of anilines is 1. The number of hydrogen-bond acceptors (Lipinski definition) is 5. The second-order valence-corrected chi connectivity index (χ2v) is 8.75. The molecule has 0 radical (unpaired) electrons. The lowest BCUT2D eigenvalue weighted by Crippen LogP contribution is -2.68. The predicted octanol–water partition coefficient (Wildman–Crippen LogP) is 3.35. The highest BCUT2D eigenvalue weighted by Gasteiger charge is 2.58. The van der Waals surface area contributed by atoms with Gasteiger partial charge >= 0.3 is 5.97 Å². The minimum Gasteiger partial charge on any atom is -0.479 e. The van der Waals surface area contributed by atoms with Crippen LogP contribution in [0.3, 0.4) is 0 Å². The fraction of sp³-hybridized carbons (Fsp3) is 0.571. The van der Waals surface area contributed by atoms with Crippen LogP contribution in [-0.2, 0) is 4.79 Å². The number of halogens is 2. The van der Waals surface area contributed by atoms with Crippen molar-refractivity contribution < 1.29 is 23.5 Å². The van der Waals surface area contributed by atoms with Crippen molar-refractivity contribution in [1.29, 1.82) is 0 Å². The highest BCUT2D eigenvalue weighted by molar-refractivity contribution is 6.20. The summed E-state index contributed by atoms with van der Waals surface area (Å²) in [4.78, 5) is 33.6. The molecule has 0 saturated carbocycles. The van der Waals surface area contributed by atoms with Crippen LogP contribution in [0, 0.1) is 17.0 Å². The summed E-state index contributed by atoms with van der Waals surface area (Å²) < 4.78 is 28.4. The van der Waals surface area contributed by atoms with Crippen molar-refractivity contribution in [1.82, 2.24) is 4.90 Å². The molecule has 2 aliphatic rings. The van der Waals surface area contributed by atoms with Crippen LogP contribution in [0.15, 0.2) is 17.1 Å². The van der Waals surface area contributed by atoms with Crippen molar-refractivity contribution in [3.63, 3.8) is 0 Å². The number of carboxylic acids is 1. The largest absolute Gasteiger partial charge is 0.479 e. The van der Waals surface area contributed by atoms with E-state index < -0.39 is 35.1 Å². The lowest BCUT2D eigenvalue weighted by molar-refractivity contribution is -0.148. The molecule has 2 aliphatic heterocycles. The van der Waals surface area contributed by atoms with Gasteiger partial charge in [-0.15, -0.1) is 0 Å². The molecule has 0 amide bonds. The van der Waals surface area contributed by atoms with Gasteiger partial charge in [-0.05, 0) is 31.2 Å². The molecule has 8 heteroatoms. The molecule has 158 valence electrons. The molecule has 6 nitrogen and oxygen atoms in total. The maximum absolute atomic E-state index is 14.5. The number of Topliss-reactive ketones (excluding diaryl/α,β-unsaturated/α-hetero) is 1. The molecule has 1 aromatic carbocycles. The van der Waals surface area contributed by atoms with E-state index in [0.717, 1.165) is 12.1 Å². The summed E-state index contributed by atoms with van der Waals surface area (Å²) in [7, 11) is 0. The number of ketones is 1. The summed E-state index contributed by atoms with van der Waals surface area (Å²) in [6.45, 7) is 8.12. The third kappa shape index (κ3) is 3.66. The SMILES string of the molecule is CCN1CC(C(=O)O)(N2CCCC2N=CC(C)(C)C)C(=O)c2cc(F)cc(F)c21. The molecule has 3 rings (SSSR count). The van der Waals surface area contributed by atoms with Crippen LogP contribution in [0.25, 0.3) is 0 Å². The van der Waals surface area contributed by atoms with E-state index in [4.69, 9.17) is 0 Å². The molecular weight excluding hydrogens is 380 g/mol. The highest BCUT2D eigenvalue weighted by atomic mass is 19.1. The van der Waals surface area contributed by atoms with Gasteiger partial charge in [-0.1, -0.05) is 20.8 Å². The van der Waals surface area contributed by atoms with Crippen molar-refractivity contribution in [2.45, 2.75) is 52.2 Å². The third-order valence-electron chi connectivity index (χ3n) is 5.47. The fourth-order valence-corrected chi connectivity index (χ4v) is 4.15. The van der Waals surface area contributed by atoms with Crippen LogP contribution in [-0.4, -0.2) is 59.3 Å². The molecule has 1 N–H and O–H groups in total. The van der Waals surface area contributed by atoms with Gasteiger partial charge in [-0.25, -0.2) is 13.6 Å². The van der Waals surface area contributed by atoms with E-state index in [0.29, 0.717) is 19.4 Å². The Morgan fingerprint density at radius 2 is 2.07 bits per heavy atom. The zero-order chi connectivity index (χ0) is 21.6.